The summed E-state index contributed by atoms with van der Waals surface area (Å²) >= 11 is 0. The fraction of sp³-hybridized carbons (Fsp3) is 0.818. The van der Waals surface area contributed by atoms with Crippen LogP contribution >= 0.6 is 0 Å². The molecule has 1 N–H and O–H groups in total. The molecular weight excluding hydrogens is 237 g/mol. The van der Waals surface area contributed by atoms with Crippen LogP contribution in [-0.2, 0) is 32.7 Å². The van der Waals surface area contributed by atoms with E-state index in [0.29, 0.717) is 5.92 Å². The molecule has 0 aromatic heterocycles. The summed E-state index contributed by atoms with van der Waals surface area (Å²) in [5.41, 5.74) is 0.183. The average Bonchev–Trinajstić information content (AvgIpc) is 2.03. The Balaban J connectivity index is 0. The van der Waals surface area contributed by atoms with Crippen molar-refractivity contribution < 1.29 is 37.8 Å². The fourth-order valence-electron chi connectivity index (χ4n) is 1.78. The van der Waals surface area contributed by atoms with Crippen LogP contribution in [0.5, 0.6) is 0 Å². The Labute approximate surface area is 109 Å². The summed E-state index contributed by atoms with van der Waals surface area (Å²) < 4.78 is 0. The molecule has 0 bridgehead atoms. The van der Waals surface area contributed by atoms with Crippen LogP contribution in [0.15, 0.2) is 0 Å². The molecule has 0 atom stereocenters. The van der Waals surface area contributed by atoms with Gasteiger partial charge in [0.25, 0.3) is 0 Å². The molecule has 0 saturated heterocycles. The van der Waals surface area contributed by atoms with Gasteiger partial charge < -0.3 is 19.0 Å². The van der Waals surface area contributed by atoms with Gasteiger partial charge in [-0.25, -0.2) is 0 Å². The van der Waals surface area contributed by atoms with Crippen LogP contribution in [0, 0.1) is 25.2 Å². The van der Waals surface area contributed by atoms with E-state index in [4.69, 9.17) is 5.11 Å². The van der Waals surface area contributed by atoms with Crippen LogP contribution in [-0.4, -0.2) is 11.7 Å². The maximum atomic E-state index is 8.92. The molecule has 0 spiro atoms. The molecule has 0 aliphatic rings. The van der Waals surface area contributed by atoms with Gasteiger partial charge in [-0.1, -0.05) is 25.7 Å². The summed E-state index contributed by atoms with van der Waals surface area (Å²) in [7, 11) is 0. The van der Waals surface area contributed by atoms with Gasteiger partial charge in [0.1, 0.15) is 0 Å². The third-order valence-corrected chi connectivity index (χ3v) is 2.54. The molecular formula is C11H22OY-2. The summed E-state index contributed by atoms with van der Waals surface area (Å²) in [6.45, 7) is 12.6. The second kappa shape index (κ2) is 8.38. The van der Waals surface area contributed by atoms with Crippen LogP contribution in [0.1, 0.15) is 39.5 Å². The minimum atomic E-state index is 0. The summed E-state index contributed by atoms with van der Waals surface area (Å²) in [6.07, 6.45) is 3.74. The normalized spacial score (nSPS) is 11.5. The Morgan fingerprint density at radius 1 is 1.23 bits per heavy atom. The van der Waals surface area contributed by atoms with E-state index in [1.54, 1.807) is 0 Å². The van der Waals surface area contributed by atoms with Crippen molar-refractivity contribution in [1.29, 1.82) is 0 Å². The van der Waals surface area contributed by atoms with Gasteiger partial charge in [0, 0.05) is 39.3 Å². The first kappa shape index (κ1) is 16.5. The second-order valence-corrected chi connectivity index (χ2v) is 4.07. The zero-order valence-corrected chi connectivity index (χ0v) is 11.9. The molecule has 1 nitrogen and oxygen atoms in total. The molecule has 0 aromatic rings. The Morgan fingerprint density at radius 2 is 1.69 bits per heavy atom. The van der Waals surface area contributed by atoms with E-state index in [9.17, 15) is 0 Å². The molecule has 0 saturated carbocycles. The van der Waals surface area contributed by atoms with Crippen molar-refractivity contribution in [2.75, 3.05) is 6.61 Å². The van der Waals surface area contributed by atoms with Crippen molar-refractivity contribution in [2.24, 2.45) is 11.3 Å². The van der Waals surface area contributed by atoms with Gasteiger partial charge in [0.05, 0.1) is 0 Å². The summed E-state index contributed by atoms with van der Waals surface area (Å²) in [5, 5.41) is 8.92. The minimum Gasteiger partial charge on any atom is -0.396 e. The largest absolute Gasteiger partial charge is 0.396 e. The molecule has 0 rings (SSSR count). The van der Waals surface area contributed by atoms with Gasteiger partial charge in [-0.15, -0.1) is 0 Å². The predicted octanol–water partition coefficient (Wildman–Crippen LogP) is 2.85. The summed E-state index contributed by atoms with van der Waals surface area (Å²) in [6, 6.07) is 0. The molecule has 0 aliphatic heterocycles. The van der Waals surface area contributed by atoms with Crippen molar-refractivity contribution in [2.45, 2.75) is 39.5 Å². The van der Waals surface area contributed by atoms with E-state index in [0.717, 1.165) is 25.7 Å². The van der Waals surface area contributed by atoms with Gasteiger partial charge in [0.15, 0.2) is 0 Å². The van der Waals surface area contributed by atoms with Crippen molar-refractivity contribution in [1.82, 2.24) is 0 Å². The summed E-state index contributed by atoms with van der Waals surface area (Å²) in [4.78, 5) is 0. The SMILES string of the molecule is [CH2-]CC(C[CH2-])(CCO)CC(C)C.[Y]. The molecule has 0 unspecified atom stereocenters. The van der Waals surface area contributed by atoms with Gasteiger partial charge in [-0.05, 0) is 12.3 Å². The van der Waals surface area contributed by atoms with E-state index in [-0.39, 0.29) is 44.7 Å². The van der Waals surface area contributed by atoms with Crippen molar-refractivity contribution in [3.63, 3.8) is 0 Å². The van der Waals surface area contributed by atoms with E-state index < -0.39 is 0 Å². The van der Waals surface area contributed by atoms with Crippen LogP contribution in [0.3, 0.4) is 0 Å². The van der Waals surface area contributed by atoms with Crippen LogP contribution in [0.2, 0.25) is 0 Å². The Kier molecular flexibility index (Phi) is 10.6. The molecule has 0 amide bonds. The van der Waals surface area contributed by atoms with E-state index >= 15 is 0 Å². The van der Waals surface area contributed by atoms with Crippen molar-refractivity contribution in [3.05, 3.63) is 13.8 Å². The predicted molar refractivity (Wildman–Crippen MR) is 53.5 cm³/mol. The number of hydrogen-bond acceptors (Lipinski definition) is 1. The first-order valence-corrected chi connectivity index (χ1v) is 4.79. The molecule has 0 fully saturated rings. The van der Waals surface area contributed by atoms with E-state index in [1.807, 2.05) is 0 Å². The standard InChI is InChI=1S/C11H22O.Y/c1-5-11(6-2,7-8-12)9-10(3)4;/h10,12H,1-2,5-9H2,3-4H3;/q-2;. The van der Waals surface area contributed by atoms with Crippen LogP contribution < -0.4 is 0 Å². The topological polar surface area (TPSA) is 20.2 Å². The molecule has 0 heterocycles. The molecule has 77 valence electrons. The Morgan fingerprint density at radius 3 is 1.92 bits per heavy atom. The van der Waals surface area contributed by atoms with E-state index in [1.165, 1.54) is 0 Å². The number of hydrogen-bond donors (Lipinski definition) is 1. The number of aliphatic hydroxyl groups excluding tert-OH is 1. The zero-order valence-electron chi connectivity index (χ0n) is 9.05. The zero-order chi connectivity index (χ0) is 9.61. The smallest absolute Gasteiger partial charge is 0.0434 e. The van der Waals surface area contributed by atoms with Crippen molar-refractivity contribution in [3.8, 4) is 0 Å². The van der Waals surface area contributed by atoms with Gasteiger partial charge in [-0.3, -0.25) is 0 Å². The van der Waals surface area contributed by atoms with Crippen LogP contribution in [0.25, 0.3) is 0 Å². The molecule has 1 radical (unpaired) electrons. The Bertz CT molecular complexity index is 109. The van der Waals surface area contributed by atoms with Crippen molar-refractivity contribution >= 4 is 0 Å². The summed E-state index contributed by atoms with van der Waals surface area (Å²) in [5.74, 6) is 0.667. The quantitative estimate of drug-likeness (QED) is 0.727. The number of aliphatic hydroxyl groups is 1. The number of rotatable bonds is 6. The first-order chi connectivity index (χ1) is 5.60. The third kappa shape index (κ3) is 6.20. The Hall–Kier alpha value is 1.06. The molecule has 0 aliphatic carbocycles. The van der Waals surface area contributed by atoms with Crippen LogP contribution in [0.4, 0.5) is 0 Å². The minimum absolute atomic E-state index is 0. The monoisotopic (exact) mass is 259 g/mol. The molecule has 0 aromatic carbocycles. The molecule has 2 heteroatoms. The van der Waals surface area contributed by atoms with Gasteiger partial charge in [-0.2, -0.15) is 12.8 Å². The maximum Gasteiger partial charge on any atom is 0.0434 e. The third-order valence-electron chi connectivity index (χ3n) is 2.54. The fourth-order valence-corrected chi connectivity index (χ4v) is 1.78. The van der Waals surface area contributed by atoms with Gasteiger partial charge in [0.2, 0.25) is 0 Å². The van der Waals surface area contributed by atoms with Gasteiger partial charge >= 0.3 is 0 Å². The molecule has 13 heavy (non-hydrogen) atoms. The first-order valence-electron chi connectivity index (χ1n) is 4.79. The maximum absolute atomic E-state index is 8.92. The van der Waals surface area contributed by atoms with E-state index in [2.05, 4.69) is 27.7 Å². The second-order valence-electron chi connectivity index (χ2n) is 4.07. The average molecular weight is 259 g/mol.